The van der Waals surface area contributed by atoms with Crippen molar-refractivity contribution in [1.29, 1.82) is 0 Å². The van der Waals surface area contributed by atoms with Crippen LogP contribution >= 0.6 is 11.8 Å². The zero-order valence-electron chi connectivity index (χ0n) is 13.7. The Morgan fingerprint density at radius 1 is 1.23 bits per heavy atom. The quantitative estimate of drug-likeness (QED) is 0.391. The van der Waals surface area contributed by atoms with E-state index in [0.29, 0.717) is 5.89 Å². The molecule has 0 radical (unpaired) electrons. The molecule has 0 unspecified atom stereocenters. The second-order valence-corrected chi connectivity index (χ2v) is 7.05. The fraction of sp³-hybridized carbons (Fsp3) is 0.500. The number of alkyl halides is 3. The predicted octanol–water partition coefficient (Wildman–Crippen LogP) is 5.34. The van der Waals surface area contributed by atoms with E-state index in [1.807, 2.05) is 0 Å². The smallest absolute Gasteiger partial charge is 0.416 e. The fourth-order valence-electron chi connectivity index (χ4n) is 3.02. The van der Waals surface area contributed by atoms with Crippen LogP contribution in [-0.2, 0) is 11.9 Å². The monoisotopic (exact) mass is 387 g/mol. The van der Waals surface area contributed by atoms with E-state index in [1.54, 1.807) is 0 Å². The van der Waals surface area contributed by atoms with Gasteiger partial charge in [-0.15, -0.1) is 10.2 Å². The molecule has 0 N–H and O–H groups in total. The maximum atomic E-state index is 13.1. The Bertz CT molecular complexity index is 789. The Kier molecular flexibility index (Phi) is 5.49. The van der Waals surface area contributed by atoms with E-state index in [2.05, 4.69) is 10.2 Å². The standard InChI is InChI=1S/C16H16F3N3O3S/c17-16(18,19)13-7-6-12(22(23)24)8-11(13)9-26-15-21-20-14(25-15)10-4-2-1-3-5-10/h6-8,10H,1-5,9H2. The van der Waals surface area contributed by atoms with E-state index >= 15 is 0 Å². The Balaban J connectivity index is 1.75. The van der Waals surface area contributed by atoms with E-state index < -0.39 is 16.7 Å². The molecule has 0 amide bonds. The molecular formula is C16H16F3N3O3S. The summed E-state index contributed by atoms with van der Waals surface area (Å²) in [5.74, 6) is 0.569. The van der Waals surface area contributed by atoms with E-state index in [-0.39, 0.29) is 28.1 Å². The van der Waals surface area contributed by atoms with Crippen LogP contribution in [0.3, 0.4) is 0 Å². The number of aromatic nitrogens is 2. The normalized spacial score (nSPS) is 16.0. The molecule has 6 nitrogen and oxygen atoms in total. The van der Waals surface area contributed by atoms with Gasteiger partial charge in [-0.2, -0.15) is 13.2 Å². The summed E-state index contributed by atoms with van der Waals surface area (Å²) in [5.41, 5.74) is -1.47. The fourth-order valence-corrected chi connectivity index (χ4v) is 3.78. The molecule has 26 heavy (non-hydrogen) atoms. The number of nitro groups is 1. The summed E-state index contributed by atoms with van der Waals surface area (Å²) in [6.45, 7) is 0. The van der Waals surface area contributed by atoms with Crippen LogP contribution in [0.15, 0.2) is 27.8 Å². The first-order valence-electron chi connectivity index (χ1n) is 8.15. The number of nitrogens with zero attached hydrogens (tertiary/aromatic N) is 3. The van der Waals surface area contributed by atoms with Crippen molar-refractivity contribution in [3.05, 3.63) is 45.3 Å². The Labute approximate surface area is 151 Å². The van der Waals surface area contributed by atoms with Crippen molar-refractivity contribution in [2.45, 2.75) is 55.2 Å². The molecule has 140 valence electrons. The molecule has 2 aromatic rings. The second-order valence-electron chi connectivity index (χ2n) is 6.13. The van der Waals surface area contributed by atoms with Crippen LogP contribution in [0, 0.1) is 10.1 Å². The number of rotatable bonds is 5. The Morgan fingerprint density at radius 2 is 1.96 bits per heavy atom. The third-order valence-corrected chi connectivity index (χ3v) is 5.20. The molecule has 0 saturated heterocycles. The van der Waals surface area contributed by atoms with Gasteiger partial charge in [0, 0.05) is 23.8 Å². The number of non-ortho nitro benzene ring substituents is 1. The molecule has 0 aliphatic heterocycles. The van der Waals surface area contributed by atoms with Gasteiger partial charge in [-0.3, -0.25) is 10.1 Å². The topological polar surface area (TPSA) is 82.1 Å². The van der Waals surface area contributed by atoms with Crippen molar-refractivity contribution < 1.29 is 22.5 Å². The molecule has 1 aliphatic carbocycles. The van der Waals surface area contributed by atoms with Crippen LogP contribution < -0.4 is 0 Å². The summed E-state index contributed by atoms with van der Waals surface area (Å²) >= 11 is 0.946. The number of nitro benzene ring substituents is 1. The van der Waals surface area contributed by atoms with Gasteiger partial charge in [-0.25, -0.2) is 0 Å². The largest absolute Gasteiger partial charge is 0.416 e. The first kappa shape index (κ1) is 18.7. The van der Waals surface area contributed by atoms with Crippen molar-refractivity contribution in [3.8, 4) is 0 Å². The van der Waals surface area contributed by atoms with Crippen LogP contribution in [0.2, 0.25) is 0 Å². The van der Waals surface area contributed by atoms with Crippen molar-refractivity contribution in [3.63, 3.8) is 0 Å². The van der Waals surface area contributed by atoms with E-state index in [9.17, 15) is 23.3 Å². The number of benzene rings is 1. The minimum Gasteiger partial charge on any atom is -0.416 e. The summed E-state index contributed by atoms with van der Waals surface area (Å²) in [7, 11) is 0. The summed E-state index contributed by atoms with van der Waals surface area (Å²) in [5, 5.41) is 18.9. The van der Waals surface area contributed by atoms with E-state index in [0.717, 1.165) is 55.6 Å². The van der Waals surface area contributed by atoms with Gasteiger partial charge >= 0.3 is 6.18 Å². The number of thioether (sulfide) groups is 1. The minimum absolute atomic E-state index is 0.150. The number of halogens is 3. The van der Waals surface area contributed by atoms with Gasteiger partial charge in [-0.1, -0.05) is 31.0 Å². The SMILES string of the molecule is O=[N+]([O-])c1ccc(C(F)(F)F)c(CSc2nnc(C3CCCCC3)o2)c1. The van der Waals surface area contributed by atoms with Gasteiger partial charge < -0.3 is 4.42 Å². The van der Waals surface area contributed by atoms with E-state index in [1.165, 1.54) is 6.42 Å². The molecule has 3 rings (SSSR count). The molecule has 1 saturated carbocycles. The summed E-state index contributed by atoms with van der Waals surface area (Å²) in [6, 6.07) is 2.52. The zero-order chi connectivity index (χ0) is 18.7. The predicted molar refractivity (Wildman–Crippen MR) is 87.8 cm³/mol. The summed E-state index contributed by atoms with van der Waals surface area (Å²) in [4.78, 5) is 10.1. The van der Waals surface area contributed by atoms with Gasteiger partial charge in [-0.05, 0) is 24.5 Å². The highest BCUT2D eigenvalue weighted by Gasteiger charge is 2.34. The summed E-state index contributed by atoms with van der Waals surface area (Å²) in [6.07, 6.45) is 0.716. The minimum atomic E-state index is -4.59. The number of hydrogen-bond acceptors (Lipinski definition) is 6. The molecule has 1 heterocycles. The lowest BCUT2D eigenvalue weighted by atomic mass is 9.89. The molecule has 10 heteroatoms. The average molecular weight is 387 g/mol. The van der Waals surface area contributed by atoms with Gasteiger partial charge in [0.2, 0.25) is 5.89 Å². The van der Waals surface area contributed by atoms with E-state index in [4.69, 9.17) is 4.42 Å². The van der Waals surface area contributed by atoms with Crippen LogP contribution in [0.1, 0.15) is 55.0 Å². The first-order chi connectivity index (χ1) is 12.3. The van der Waals surface area contributed by atoms with Crippen molar-refractivity contribution in [2.75, 3.05) is 0 Å². The highest BCUT2D eigenvalue weighted by atomic mass is 32.2. The van der Waals surface area contributed by atoms with Crippen molar-refractivity contribution in [2.24, 2.45) is 0 Å². The van der Waals surface area contributed by atoms with Gasteiger partial charge in [0.15, 0.2) is 0 Å². The lowest BCUT2D eigenvalue weighted by Gasteiger charge is -2.17. The van der Waals surface area contributed by atoms with Crippen LogP contribution in [-0.4, -0.2) is 15.1 Å². The molecule has 0 bridgehead atoms. The molecular weight excluding hydrogens is 371 g/mol. The van der Waals surface area contributed by atoms with Crippen molar-refractivity contribution >= 4 is 17.4 Å². The molecule has 0 atom stereocenters. The van der Waals surface area contributed by atoms with Crippen LogP contribution in [0.4, 0.5) is 18.9 Å². The van der Waals surface area contributed by atoms with Crippen LogP contribution in [0.5, 0.6) is 0 Å². The molecule has 1 fully saturated rings. The highest BCUT2D eigenvalue weighted by Crippen LogP contribution is 2.37. The third-order valence-electron chi connectivity index (χ3n) is 4.33. The maximum absolute atomic E-state index is 13.1. The van der Waals surface area contributed by atoms with Gasteiger partial charge in [0.25, 0.3) is 10.9 Å². The zero-order valence-corrected chi connectivity index (χ0v) is 14.5. The third kappa shape index (κ3) is 4.35. The highest BCUT2D eigenvalue weighted by molar-refractivity contribution is 7.98. The van der Waals surface area contributed by atoms with Gasteiger partial charge in [0.1, 0.15) is 0 Å². The molecule has 1 aromatic carbocycles. The Hall–Kier alpha value is -2.10. The lowest BCUT2D eigenvalue weighted by Crippen LogP contribution is -2.09. The molecule has 1 aromatic heterocycles. The van der Waals surface area contributed by atoms with Crippen LogP contribution in [0.25, 0.3) is 0 Å². The second kappa shape index (κ2) is 7.65. The van der Waals surface area contributed by atoms with Gasteiger partial charge in [0.05, 0.1) is 10.5 Å². The lowest BCUT2D eigenvalue weighted by molar-refractivity contribution is -0.385. The summed E-state index contributed by atoms with van der Waals surface area (Å²) < 4.78 is 44.9. The molecule has 1 aliphatic rings. The molecule has 0 spiro atoms. The number of hydrogen-bond donors (Lipinski definition) is 0. The van der Waals surface area contributed by atoms with Crippen molar-refractivity contribution in [1.82, 2.24) is 10.2 Å². The Morgan fingerprint density at radius 3 is 2.62 bits per heavy atom. The first-order valence-corrected chi connectivity index (χ1v) is 9.14. The average Bonchev–Trinajstić information content (AvgIpc) is 3.08. The maximum Gasteiger partial charge on any atom is 0.416 e.